The summed E-state index contributed by atoms with van der Waals surface area (Å²) >= 11 is 0. The molecule has 0 amide bonds. The first kappa shape index (κ1) is 19.5. The van der Waals surface area contributed by atoms with E-state index in [1.165, 1.54) is 0 Å². The molecule has 3 heterocycles. The maximum atomic E-state index is 12.7. The van der Waals surface area contributed by atoms with Crippen LogP contribution in [0.2, 0.25) is 0 Å². The van der Waals surface area contributed by atoms with Crippen molar-refractivity contribution >= 4 is 5.69 Å². The zero-order valence-electron chi connectivity index (χ0n) is 17.1. The third kappa shape index (κ3) is 4.21. The third-order valence-electron chi connectivity index (χ3n) is 5.56. The fraction of sp³-hybridized carbons (Fsp3) is 0.684. The zero-order chi connectivity index (χ0) is 19.6. The van der Waals surface area contributed by atoms with Crippen LogP contribution in [-0.2, 0) is 20.0 Å². The number of rotatable bonds is 6. The van der Waals surface area contributed by atoms with Crippen LogP contribution in [0.15, 0.2) is 17.1 Å². The van der Waals surface area contributed by atoms with Gasteiger partial charge in [-0.15, -0.1) is 10.2 Å². The van der Waals surface area contributed by atoms with Crippen molar-refractivity contribution in [2.75, 3.05) is 25.0 Å². The Hall–Kier alpha value is -2.22. The van der Waals surface area contributed by atoms with Crippen molar-refractivity contribution in [3.05, 3.63) is 34.3 Å². The second kappa shape index (κ2) is 8.21. The summed E-state index contributed by atoms with van der Waals surface area (Å²) in [5, 5.41) is 13.1. The van der Waals surface area contributed by atoms with E-state index in [2.05, 4.69) is 50.4 Å². The molecular formula is C19H31N7O. The number of likely N-dealkylation sites (tertiary alicyclic amines) is 1. The fourth-order valence-corrected chi connectivity index (χ4v) is 3.59. The van der Waals surface area contributed by atoms with Gasteiger partial charge < -0.3 is 9.47 Å². The number of nitrogens with zero attached hydrogens (tertiary/aromatic N) is 7. The van der Waals surface area contributed by atoms with Crippen LogP contribution in [0.3, 0.4) is 0 Å². The second-order valence-corrected chi connectivity index (χ2v) is 7.68. The molecule has 3 rings (SSSR count). The molecule has 1 saturated heterocycles. The summed E-state index contributed by atoms with van der Waals surface area (Å²) in [5.74, 6) is 1.98. The van der Waals surface area contributed by atoms with Crippen LogP contribution < -0.4 is 10.5 Å². The quantitative estimate of drug-likeness (QED) is 0.766. The minimum Gasteiger partial charge on any atom is -0.371 e. The molecule has 8 heteroatoms. The standard InChI is InChI=1S/C19H31N7O/c1-6-17-21-22-18(24(17)5)13-25-9-7-8-15(12-25)26-19(27)10-16(11-20-26)23(4)14(2)3/h10-11,14-15H,6-9,12-13H2,1-5H3/t15-/m1/s1. The highest BCUT2D eigenvalue weighted by Crippen LogP contribution is 2.21. The van der Waals surface area contributed by atoms with Crippen LogP contribution in [0.5, 0.6) is 0 Å². The van der Waals surface area contributed by atoms with E-state index in [-0.39, 0.29) is 11.6 Å². The highest BCUT2D eigenvalue weighted by Gasteiger charge is 2.24. The topological polar surface area (TPSA) is 72.1 Å². The molecule has 1 atom stereocenters. The average Bonchev–Trinajstić information content (AvgIpc) is 3.00. The molecule has 0 saturated carbocycles. The highest BCUT2D eigenvalue weighted by atomic mass is 16.1. The van der Waals surface area contributed by atoms with Gasteiger partial charge in [0.25, 0.3) is 5.56 Å². The summed E-state index contributed by atoms with van der Waals surface area (Å²) in [6, 6.07) is 2.12. The Morgan fingerprint density at radius 1 is 1.30 bits per heavy atom. The Balaban J connectivity index is 1.72. The SMILES string of the molecule is CCc1nnc(CN2CCC[C@@H](n3ncc(N(C)C(C)C)cc3=O)C2)n1C. The number of piperidine rings is 1. The first-order chi connectivity index (χ1) is 12.9. The number of anilines is 1. The van der Waals surface area contributed by atoms with Crippen LogP contribution >= 0.6 is 0 Å². The molecule has 0 aliphatic carbocycles. The first-order valence-corrected chi connectivity index (χ1v) is 9.81. The Morgan fingerprint density at radius 2 is 2.04 bits per heavy atom. The van der Waals surface area contributed by atoms with E-state index in [9.17, 15) is 4.79 Å². The van der Waals surface area contributed by atoms with Crippen LogP contribution in [0, 0.1) is 0 Å². The van der Waals surface area contributed by atoms with Crippen LogP contribution in [-0.4, -0.2) is 55.6 Å². The largest absolute Gasteiger partial charge is 0.371 e. The van der Waals surface area contributed by atoms with Gasteiger partial charge in [-0.2, -0.15) is 5.10 Å². The minimum absolute atomic E-state index is 0.0289. The molecule has 0 unspecified atom stereocenters. The normalized spacial score (nSPS) is 18.2. The molecule has 0 bridgehead atoms. The van der Waals surface area contributed by atoms with Gasteiger partial charge in [-0.25, -0.2) is 4.68 Å². The molecule has 1 aliphatic rings. The molecule has 8 nitrogen and oxygen atoms in total. The monoisotopic (exact) mass is 373 g/mol. The van der Waals surface area contributed by atoms with Crippen molar-refractivity contribution in [2.24, 2.45) is 7.05 Å². The summed E-state index contributed by atoms with van der Waals surface area (Å²) in [6.45, 7) is 8.85. The summed E-state index contributed by atoms with van der Waals surface area (Å²) < 4.78 is 3.72. The van der Waals surface area contributed by atoms with Gasteiger partial charge in [-0.05, 0) is 33.2 Å². The van der Waals surface area contributed by atoms with Gasteiger partial charge in [0, 0.05) is 39.2 Å². The van der Waals surface area contributed by atoms with E-state index in [0.717, 1.165) is 56.2 Å². The molecule has 1 aliphatic heterocycles. The lowest BCUT2D eigenvalue weighted by molar-refractivity contribution is 0.155. The third-order valence-corrected chi connectivity index (χ3v) is 5.56. The Kier molecular flexibility index (Phi) is 5.94. The predicted octanol–water partition coefficient (Wildman–Crippen LogP) is 1.62. The van der Waals surface area contributed by atoms with Crippen molar-refractivity contribution in [1.82, 2.24) is 29.4 Å². The van der Waals surface area contributed by atoms with E-state index < -0.39 is 0 Å². The van der Waals surface area contributed by atoms with Crippen LogP contribution in [0.4, 0.5) is 5.69 Å². The number of aryl methyl sites for hydroxylation is 1. The van der Waals surface area contributed by atoms with Gasteiger partial charge in [-0.3, -0.25) is 9.69 Å². The van der Waals surface area contributed by atoms with E-state index in [1.807, 2.05) is 14.1 Å². The Labute approximate surface area is 160 Å². The van der Waals surface area contributed by atoms with E-state index in [1.54, 1.807) is 16.9 Å². The molecular weight excluding hydrogens is 342 g/mol. The molecule has 0 aromatic carbocycles. The molecule has 0 spiro atoms. The van der Waals surface area contributed by atoms with Crippen LogP contribution in [0.25, 0.3) is 0 Å². The average molecular weight is 374 g/mol. The number of aromatic nitrogens is 5. The van der Waals surface area contributed by atoms with Gasteiger partial charge in [0.2, 0.25) is 0 Å². The number of hydrogen-bond acceptors (Lipinski definition) is 6. The maximum Gasteiger partial charge on any atom is 0.269 e. The van der Waals surface area contributed by atoms with E-state index >= 15 is 0 Å². The van der Waals surface area contributed by atoms with Gasteiger partial charge in [0.1, 0.15) is 11.6 Å². The number of hydrogen-bond donors (Lipinski definition) is 0. The second-order valence-electron chi connectivity index (χ2n) is 7.68. The lowest BCUT2D eigenvalue weighted by Gasteiger charge is -2.32. The Morgan fingerprint density at radius 3 is 2.67 bits per heavy atom. The lowest BCUT2D eigenvalue weighted by Crippen LogP contribution is -2.41. The van der Waals surface area contributed by atoms with Crippen molar-refractivity contribution < 1.29 is 0 Å². The summed E-state index contributed by atoms with van der Waals surface area (Å²) in [5.41, 5.74) is 0.837. The first-order valence-electron chi connectivity index (χ1n) is 9.81. The van der Waals surface area contributed by atoms with Gasteiger partial charge in [0.05, 0.1) is 24.5 Å². The van der Waals surface area contributed by atoms with E-state index in [4.69, 9.17) is 0 Å². The molecule has 1 fully saturated rings. The molecule has 2 aromatic rings. The smallest absolute Gasteiger partial charge is 0.269 e. The minimum atomic E-state index is -0.0289. The maximum absolute atomic E-state index is 12.7. The van der Waals surface area contributed by atoms with Gasteiger partial charge >= 0.3 is 0 Å². The predicted molar refractivity (Wildman–Crippen MR) is 106 cm³/mol. The molecule has 27 heavy (non-hydrogen) atoms. The van der Waals surface area contributed by atoms with Crippen LogP contribution in [0.1, 0.15) is 51.3 Å². The summed E-state index contributed by atoms with van der Waals surface area (Å²) in [4.78, 5) is 17.1. The zero-order valence-corrected chi connectivity index (χ0v) is 17.1. The van der Waals surface area contributed by atoms with Crippen molar-refractivity contribution in [1.29, 1.82) is 0 Å². The van der Waals surface area contributed by atoms with E-state index in [0.29, 0.717) is 6.04 Å². The molecule has 0 N–H and O–H groups in total. The lowest BCUT2D eigenvalue weighted by atomic mass is 10.1. The summed E-state index contributed by atoms with van der Waals surface area (Å²) in [7, 11) is 4.00. The van der Waals surface area contributed by atoms with Gasteiger partial charge in [-0.1, -0.05) is 6.92 Å². The highest BCUT2D eigenvalue weighted by molar-refractivity contribution is 5.42. The molecule has 0 radical (unpaired) electrons. The fourth-order valence-electron chi connectivity index (χ4n) is 3.59. The molecule has 148 valence electrons. The van der Waals surface area contributed by atoms with Gasteiger partial charge in [0.15, 0.2) is 0 Å². The van der Waals surface area contributed by atoms with Crippen molar-refractivity contribution in [3.63, 3.8) is 0 Å². The summed E-state index contributed by atoms with van der Waals surface area (Å²) in [6.07, 6.45) is 4.70. The van der Waals surface area contributed by atoms with Crippen molar-refractivity contribution in [3.8, 4) is 0 Å². The van der Waals surface area contributed by atoms with Crippen molar-refractivity contribution in [2.45, 2.75) is 58.7 Å². The molecule has 2 aromatic heterocycles. The Bertz CT molecular complexity index is 826.